The number of hydrogen-bond donors (Lipinski definition) is 1. The highest BCUT2D eigenvalue weighted by Crippen LogP contribution is 2.51. The molecule has 1 N–H and O–H groups in total. The maximum atomic E-state index is 11.4. The van der Waals surface area contributed by atoms with E-state index >= 15 is 0 Å². The molecule has 0 amide bonds. The number of aldehydes is 1. The van der Waals surface area contributed by atoms with E-state index in [1.807, 2.05) is 18.2 Å². The van der Waals surface area contributed by atoms with Gasteiger partial charge in [0.15, 0.2) is 0 Å². The minimum atomic E-state index is -0.869. The fourth-order valence-corrected chi connectivity index (χ4v) is 4.07. The lowest BCUT2D eigenvalue weighted by molar-refractivity contribution is -0.137. The quantitative estimate of drug-likeness (QED) is 0.667. The van der Waals surface area contributed by atoms with E-state index in [1.165, 1.54) is 5.56 Å². The van der Waals surface area contributed by atoms with Gasteiger partial charge in [0.2, 0.25) is 0 Å². The van der Waals surface area contributed by atoms with Crippen molar-refractivity contribution in [1.82, 2.24) is 0 Å². The second kappa shape index (κ2) is 5.78. The molecule has 1 aromatic rings. The van der Waals surface area contributed by atoms with Crippen molar-refractivity contribution in [2.45, 2.75) is 12.3 Å². The van der Waals surface area contributed by atoms with E-state index in [4.69, 9.17) is 9.84 Å². The number of hydrogen-bond acceptors (Lipinski definition) is 3. The normalized spacial score (nSPS) is 28.3. The van der Waals surface area contributed by atoms with Gasteiger partial charge in [-0.05, 0) is 23.1 Å². The van der Waals surface area contributed by atoms with Crippen molar-refractivity contribution in [3.05, 3.63) is 53.1 Å². The first kappa shape index (κ1) is 14.9. The summed E-state index contributed by atoms with van der Waals surface area (Å²) in [5.41, 5.74) is 3.40. The molecule has 122 valence electrons. The van der Waals surface area contributed by atoms with Gasteiger partial charge in [-0.25, -0.2) is 0 Å². The zero-order valence-electron chi connectivity index (χ0n) is 13.1. The number of carbonyl (C=O) groups excluding carboxylic acids is 1. The van der Waals surface area contributed by atoms with Crippen LogP contribution < -0.4 is 4.74 Å². The lowest BCUT2D eigenvalue weighted by atomic mass is 9.62. The van der Waals surface area contributed by atoms with E-state index in [0.717, 1.165) is 23.2 Å². The van der Waals surface area contributed by atoms with Crippen LogP contribution in [0.5, 0.6) is 5.75 Å². The Hall–Kier alpha value is -2.62. The lowest BCUT2D eigenvalue weighted by Gasteiger charge is -2.41. The monoisotopic (exact) mass is 322 g/mol. The molecule has 4 atom stereocenters. The topological polar surface area (TPSA) is 63.6 Å². The van der Waals surface area contributed by atoms with Crippen LogP contribution in [0.3, 0.4) is 0 Å². The molecule has 0 radical (unpaired) electrons. The molecule has 0 aromatic heterocycles. The van der Waals surface area contributed by atoms with Gasteiger partial charge in [-0.1, -0.05) is 42.5 Å². The lowest BCUT2D eigenvalue weighted by Crippen LogP contribution is -2.32. The fourth-order valence-electron chi connectivity index (χ4n) is 4.07. The Labute approximate surface area is 140 Å². The Morgan fingerprint density at radius 1 is 1.17 bits per heavy atom. The molecule has 0 saturated heterocycles. The van der Waals surface area contributed by atoms with E-state index in [9.17, 15) is 9.59 Å². The summed E-state index contributed by atoms with van der Waals surface area (Å²) in [6.45, 7) is 0.152. The molecule has 4 nitrogen and oxygen atoms in total. The van der Waals surface area contributed by atoms with Crippen LogP contribution in [-0.4, -0.2) is 24.0 Å². The van der Waals surface area contributed by atoms with Crippen LogP contribution in [0.25, 0.3) is 12.2 Å². The Balaban J connectivity index is 1.75. The Bertz CT molecular complexity index is 787. The minimum absolute atomic E-state index is 0.0230. The number of benzene rings is 1. The van der Waals surface area contributed by atoms with Gasteiger partial charge in [0.25, 0.3) is 0 Å². The second-order valence-corrected chi connectivity index (χ2v) is 6.47. The summed E-state index contributed by atoms with van der Waals surface area (Å²) < 4.78 is 5.72. The second-order valence-electron chi connectivity index (χ2n) is 6.47. The van der Waals surface area contributed by atoms with E-state index in [-0.39, 0.29) is 36.7 Å². The number of allylic oxidation sites excluding steroid dienone is 4. The molecule has 24 heavy (non-hydrogen) atoms. The van der Waals surface area contributed by atoms with Gasteiger partial charge < -0.3 is 14.6 Å². The zero-order chi connectivity index (χ0) is 16.7. The van der Waals surface area contributed by atoms with Crippen LogP contribution in [0, 0.1) is 17.8 Å². The standard InChI is InChI=1S/C20H18O4/c21-11-14-2-1-12-4-7-16-17(24-10-9-18(22)23)8-5-13-3-6-15(14)19(12)20(13)16/h1-8,11-12,14-15,19H,9-10H2,(H,22,23). The minimum Gasteiger partial charge on any atom is -0.492 e. The van der Waals surface area contributed by atoms with Crippen LogP contribution in [0.4, 0.5) is 0 Å². The number of ether oxygens (including phenoxy) is 1. The molecule has 0 bridgehead atoms. The first-order valence-corrected chi connectivity index (χ1v) is 8.20. The SMILES string of the molecule is O=CC1C=CC2C=Cc3c(OCCC(=O)O)ccc4c3C2C1C=C4. The third kappa shape index (κ3) is 2.30. The van der Waals surface area contributed by atoms with Crippen LogP contribution in [0.15, 0.2) is 36.4 Å². The predicted octanol–water partition coefficient (Wildman–Crippen LogP) is 3.29. The summed E-state index contributed by atoms with van der Waals surface area (Å²) in [4.78, 5) is 22.1. The van der Waals surface area contributed by atoms with Crippen molar-refractivity contribution < 1.29 is 19.4 Å². The van der Waals surface area contributed by atoms with Crippen molar-refractivity contribution in [1.29, 1.82) is 0 Å². The average molecular weight is 322 g/mol. The van der Waals surface area contributed by atoms with E-state index in [2.05, 4.69) is 30.4 Å². The molecule has 3 aliphatic carbocycles. The van der Waals surface area contributed by atoms with Crippen molar-refractivity contribution in [2.24, 2.45) is 17.8 Å². The van der Waals surface area contributed by atoms with Crippen molar-refractivity contribution in [3.8, 4) is 5.75 Å². The van der Waals surface area contributed by atoms with Crippen molar-refractivity contribution >= 4 is 24.4 Å². The molecule has 3 aliphatic rings. The number of carbonyl (C=O) groups is 2. The van der Waals surface area contributed by atoms with E-state index in [1.54, 1.807) is 0 Å². The van der Waals surface area contributed by atoms with Gasteiger partial charge in [-0.2, -0.15) is 0 Å². The van der Waals surface area contributed by atoms with Crippen LogP contribution in [0.1, 0.15) is 29.0 Å². The average Bonchev–Trinajstić information content (AvgIpc) is 2.60. The molecule has 0 aliphatic heterocycles. The van der Waals surface area contributed by atoms with Gasteiger partial charge in [-0.15, -0.1) is 0 Å². The summed E-state index contributed by atoms with van der Waals surface area (Å²) in [5.74, 6) is 0.460. The molecular weight excluding hydrogens is 304 g/mol. The summed E-state index contributed by atoms with van der Waals surface area (Å²) in [7, 11) is 0. The largest absolute Gasteiger partial charge is 0.492 e. The third-order valence-electron chi connectivity index (χ3n) is 5.16. The number of aliphatic carboxylic acids is 1. The highest BCUT2D eigenvalue weighted by atomic mass is 16.5. The first-order valence-electron chi connectivity index (χ1n) is 8.20. The van der Waals surface area contributed by atoms with Gasteiger partial charge >= 0.3 is 5.97 Å². The molecular formula is C20H18O4. The molecule has 4 unspecified atom stereocenters. The first-order chi connectivity index (χ1) is 11.7. The number of carboxylic acids is 1. The maximum Gasteiger partial charge on any atom is 0.306 e. The van der Waals surface area contributed by atoms with Crippen molar-refractivity contribution in [2.75, 3.05) is 6.61 Å². The Morgan fingerprint density at radius 3 is 2.83 bits per heavy atom. The Morgan fingerprint density at radius 2 is 2.04 bits per heavy atom. The molecule has 4 rings (SSSR count). The number of rotatable bonds is 5. The van der Waals surface area contributed by atoms with Gasteiger partial charge in [0.05, 0.1) is 13.0 Å². The Kier molecular flexibility index (Phi) is 3.60. The van der Waals surface area contributed by atoms with Gasteiger partial charge in [-0.3, -0.25) is 4.79 Å². The summed E-state index contributed by atoms with van der Waals surface area (Å²) >= 11 is 0. The molecule has 0 saturated carbocycles. The van der Waals surface area contributed by atoms with E-state index < -0.39 is 5.97 Å². The summed E-state index contributed by atoms with van der Waals surface area (Å²) in [5, 5.41) is 8.78. The maximum absolute atomic E-state index is 11.4. The predicted molar refractivity (Wildman–Crippen MR) is 90.7 cm³/mol. The molecule has 4 heteroatoms. The molecule has 0 heterocycles. The zero-order valence-corrected chi connectivity index (χ0v) is 13.1. The summed E-state index contributed by atoms with van der Waals surface area (Å²) in [6.07, 6.45) is 13.6. The highest BCUT2D eigenvalue weighted by Gasteiger charge is 2.40. The smallest absolute Gasteiger partial charge is 0.306 e. The number of carboxylic acid groups (broad SMARTS) is 1. The highest BCUT2D eigenvalue weighted by molar-refractivity contribution is 5.75. The molecule has 1 aromatic carbocycles. The van der Waals surface area contributed by atoms with Gasteiger partial charge in [0, 0.05) is 23.3 Å². The summed E-state index contributed by atoms with van der Waals surface area (Å²) in [6, 6.07) is 3.92. The van der Waals surface area contributed by atoms with Crippen LogP contribution in [-0.2, 0) is 9.59 Å². The fraction of sp³-hybridized carbons (Fsp3) is 0.300. The third-order valence-corrected chi connectivity index (χ3v) is 5.16. The van der Waals surface area contributed by atoms with Crippen LogP contribution in [0.2, 0.25) is 0 Å². The van der Waals surface area contributed by atoms with E-state index in [0.29, 0.717) is 0 Å². The molecule has 0 spiro atoms. The van der Waals surface area contributed by atoms with Crippen molar-refractivity contribution in [3.63, 3.8) is 0 Å². The van der Waals surface area contributed by atoms with Gasteiger partial charge in [0.1, 0.15) is 12.0 Å². The van der Waals surface area contributed by atoms with Crippen LogP contribution >= 0.6 is 0 Å². The molecule has 0 fully saturated rings.